The molecule has 8 heteroatoms. The standard InChI is InChI=1S/C26H30F2N6/c1-19(20-3-2-4-22(27)11-20)15-32-7-9-33(10-8-32)16-23(28)12-21-14-29-26-6-5-24(13-25(21)26)34-17-30-31-18-34/h2-6,11,13-14,17-19,23,29H,7-10,12,15-16H2,1H3/t19-,23+/m0/s1. The number of benzene rings is 2. The number of nitrogens with one attached hydrogen (secondary N) is 1. The summed E-state index contributed by atoms with van der Waals surface area (Å²) in [5.74, 6) is 0.0781. The highest BCUT2D eigenvalue weighted by Crippen LogP contribution is 2.24. The van der Waals surface area contributed by atoms with Gasteiger partial charge in [0.05, 0.1) is 0 Å². The Labute approximate surface area is 198 Å². The minimum Gasteiger partial charge on any atom is -0.361 e. The molecule has 2 aromatic heterocycles. The zero-order chi connectivity index (χ0) is 23.5. The maximum Gasteiger partial charge on any atom is 0.123 e. The van der Waals surface area contributed by atoms with Gasteiger partial charge in [0, 0.05) is 68.5 Å². The van der Waals surface area contributed by atoms with Crippen LogP contribution in [-0.4, -0.2) is 75.0 Å². The van der Waals surface area contributed by atoms with Gasteiger partial charge in [-0.05, 0) is 47.4 Å². The van der Waals surface area contributed by atoms with E-state index < -0.39 is 6.17 Å². The summed E-state index contributed by atoms with van der Waals surface area (Å²) in [6.07, 6.45) is 4.67. The number of piperazine rings is 1. The first kappa shape index (κ1) is 22.7. The van der Waals surface area contributed by atoms with E-state index in [1.54, 1.807) is 24.8 Å². The molecule has 178 valence electrons. The Morgan fingerprint density at radius 2 is 1.71 bits per heavy atom. The van der Waals surface area contributed by atoms with Crippen molar-refractivity contribution in [2.75, 3.05) is 39.3 Å². The lowest BCUT2D eigenvalue weighted by Crippen LogP contribution is -2.49. The number of hydrogen-bond acceptors (Lipinski definition) is 4. The zero-order valence-electron chi connectivity index (χ0n) is 19.4. The number of fused-ring (bicyclic) bond motifs is 1. The second kappa shape index (κ2) is 10.0. The van der Waals surface area contributed by atoms with Crippen LogP contribution in [-0.2, 0) is 6.42 Å². The molecule has 34 heavy (non-hydrogen) atoms. The van der Waals surface area contributed by atoms with Gasteiger partial charge in [-0.15, -0.1) is 10.2 Å². The van der Waals surface area contributed by atoms with Gasteiger partial charge in [0.15, 0.2) is 0 Å². The zero-order valence-corrected chi connectivity index (χ0v) is 19.4. The van der Waals surface area contributed by atoms with Gasteiger partial charge in [-0.2, -0.15) is 0 Å². The number of rotatable bonds is 8. The van der Waals surface area contributed by atoms with E-state index >= 15 is 4.39 Å². The lowest BCUT2D eigenvalue weighted by atomic mass is 10.00. The van der Waals surface area contributed by atoms with Crippen LogP contribution in [0.2, 0.25) is 0 Å². The van der Waals surface area contributed by atoms with E-state index in [2.05, 4.69) is 38.0 Å². The Kier molecular flexibility index (Phi) is 6.69. The smallest absolute Gasteiger partial charge is 0.123 e. The van der Waals surface area contributed by atoms with Crippen LogP contribution in [0.25, 0.3) is 16.6 Å². The Bertz CT molecular complexity index is 1210. The van der Waals surface area contributed by atoms with Crippen molar-refractivity contribution in [1.29, 1.82) is 0 Å². The molecule has 1 fully saturated rings. The average Bonchev–Trinajstić information content (AvgIpc) is 3.51. The summed E-state index contributed by atoms with van der Waals surface area (Å²) < 4.78 is 30.5. The van der Waals surface area contributed by atoms with Crippen molar-refractivity contribution in [2.24, 2.45) is 0 Å². The van der Waals surface area contributed by atoms with E-state index in [9.17, 15) is 4.39 Å². The van der Waals surface area contributed by atoms with Crippen molar-refractivity contribution in [1.82, 2.24) is 29.5 Å². The first-order valence-electron chi connectivity index (χ1n) is 11.8. The van der Waals surface area contributed by atoms with Gasteiger partial charge in [-0.25, -0.2) is 8.78 Å². The third-order valence-electron chi connectivity index (χ3n) is 6.78. The van der Waals surface area contributed by atoms with Gasteiger partial charge in [0.1, 0.15) is 24.6 Å². The summed E-state index contributed by atoms with van der Waals surface area (Å²) in [6, 6.07) is 12.9. The molecule has 2 atom stereocenters. The summed E-state index contributed by atoms with van der Waals surface area (Å²) in [7, 11) is 0. The number of hydrogen-bond donors (Lipinski definition) is 1. The molecule has 1 saturated heterocycles. The molecule has 0 spiro atoms. The summed E-state index contributed by atoms with van der Waals surface area (Å²) in [4.78, 5) is 7.87. The molecule has 5 rings (SSSR count). The maximum atomic E-state index is 15.1. The second-order valence-electron chi connectivity index (χ2n) is 9.27. The Morgan fingerprint density at radius 1 is 0.971 bits per heavy atom. The number of H-pyrrole nitrogens is 1. The van der Waals surface area contributed by atoms with Gasteiger partial charge in [0.2, 0.25) is 0 Å². The molecule has 1 N–H and O–H groups in total. The van der Waals surface area contributed by atoms with Crippen LogP contribution >= 0.6 is 0 Å². The molecule has 0 radical (unpaired) electrons. The second-order valence-corrected chi connectivity index (χ2v) is 9.27. The number of nitrogens with zero attached hydrogens (tertiary/aromatic N) is 5. The summed E-state index contributed by atoms with van der Waals surface area (Å²) in [5.41, 5.74) is 3.97. The molecule has 2 aromatic carbocycles. The molecule has 0 aliphatic carbocycles. The van der Waals surface area contributed by atoms with Crippen LogP contribution in [0.4, 0.5) is 8.78 Å². The van der Waals surface area contributed by atoms with Crippen molar-refractivity contribution in [3.63, 3.8) is 0 Å². The normalized spacial score (nSPS) is 17.3. The first-order valence-corrected chi connectivity index (χ1v) is 11.8. The molecular weight excluding hydrogens is 434 g/mol. The van der Waals surface area contributed by atoms with Crippen LogP contribution in [0.3, 0.4) is 0 Å². The monoisotopic (exact) mass is 464 g/mol. The molecule has 0 bridgehead atoms. The van der Waals surface area contributed by atoms with E-state index in [1.807, 2.05) is 29.0 Å². The van der Waals surface area contributed by atoms with Gasteiger partial charge in [-0.3, -0.25) is 9.47 Å². The largest absolute Gasteiger partial charge is 0.361 e. The van der Waals surface area contributed by atoms with E-state index in [0.717, 1.165) is 60.4 Å². The van der Waals surface area contributed by atoms with Crippen LogP contribution in [0.5, 0.6) is 0 Å². The highest BCUT2D eigenvalue weighted by molar-refractivity contribution is 5.85. The van der Waals surface area contributed by atoms with Crippen molar-refractivity contribution in [3.8, 4) is 5.69 Å². The third-order valence-corrected chi connectivity index (χ3v) is 6.78. The van der Waals surface area contributed by atoms with E-state index in [1.165, 1.54) is 6.07 Å². The maximum absolute atomic E-state index is 15.1. The van der Waals surface area contributed by atoms with Gasteiger partial charge in [0.25, 0.3) is 0 Å². The number of halogens is 2. The summed E-state index contributed by atoms with van der Waals surface area (Å²) in [6.45, 7) is 6.97. The Hall–Kier alpha value is -3.10. The third kappa shape index (κ3) is 5.18. The molecule has 1 aliphatic rings. The highest BCUT2D eigenvalue weighted by atomic mass is 19.1. The highest BCUT2D eigenvalue weighted by Gasteiger charge is 2.22. The van der Waals surface area contributed by atoms with Crippen LogP contribution < -0.4 is 0 Å². The molecule has 6 nitrogen and oxygen atoms in total. The van der Waals surface area contributed by atoms with E-state index in [4.69, 9.17) is 0 Å². The van der Waals surface area contributed by atoms with Crippen molar-refractivity contribution in [3.05, 3.63) is 78.3 Å². The lowest BCUT2D eigenvalue weighted by molar-refractivity contribution is 0.104. The summed E-state index contributed by atoms with van der Waals surface area (Å²) in [5, 5.41) is 8.76. The molecule has 3 heterocycles. The fraction of sp³-hybridized carbons (Fsp3) is 0.385. The van der Waals surface area contributed by atoms with E-state index in [-0.39, 0.29) is 11.7 Å². The predicted molar refractivity (Wildman–Crippen MR) is 130 cm³/mol. The topological polar surface area (TPSA) is 53.0 Å². The number of alkyl halides is 1. The molecule has 0 unspecified atom stereocenters. The number of aromatic nitrogens is 4. The molecular formula is C26H30F2N6. The fourth-order valence-electron chi connectivity index (χ4n) is 4.87. The van der Waals surface area contributed by atoms with Crippen LogP contribution in [0, 0.1) is 5.82 Å². The lowest BCUT2D eigenvalue weighted by Gasteiger charge is -2.36. The Morgan fingerprint density at radius 3 is 2.44 bits per heavy atom. The fourth-order valence-corrected chi connectivity index (χ4v) is 4.87. The minimum atomic E-state index is -0.935. The van der Waals surface area contributed by atoms with Crippen molar-refractivity contribution < 1.29 is 8.78 Å². The summed E-state index contributed by atoms with van der Waals surface area (Å²) >= 11 is 0. The average molecular weight is 465 g/mol. The molecule has 4 aromatic rings. The molecule has 0 amide bonds. The van der Waals surface area contributed by atoms with E-state index in [0.29, 0.717) is 13.0 Å². The molecule has 1 aliphatic heterocycles. The Balaban J connectivity index is 1.14. The van der Waals surface area contributed by atoms with Gasteiger partial charge < -0.3 is 9.88 Å². The van der Waals surface area contributed by atoms with Gasteiger partial charge in [-0.1, -0.05) is 19.1 Å². The first-order chi connectivity index (χ1) is 16.5. The van der Waals surface area contributed by atoms with Crippen molar-refractivity contribution in [2.45, 2.75) is 25.4 Å². The van der Waals surface area contributed by atoms with Gasteiger partial charge >= 0.3 is 0 Å². The molecule has 0 saturated carbocycles. The SMILES string of the molecule is C[C@@H](CN1CCN(C[C@H](F)Cc2c[nH]c3ccc(-n4cnnc4)cc23)CC1)c1cccc(F)c1. The quantitative estimate of drug-likeness (QED) is 0.425. The van der Waals surface area contributed by atoms with Crippen molar-refractivity contribution >= 4 is 10.9 Å². The van der Waals surface area contributed by atoms with Crippen LogP contribution in [0.15, 0.2) is 61.3 Å². The van der Waals surface area contributed by atoms with Crippen LogP contribution in [0.1, 0.15) is 24.0 Å². The minimum absolute atomic E-state index is 0.187. The predicted octanol–water partition coefficient (Wildman–Crippen LogP) is 4.19. The number of aromatic amines is 1.